The molecule has 0 saturated carbocycles. The number of benzene rings is 1. The van der Waals surface area contributed by atoms with E-state index in [0.717, 1.165) is 6.07 Å². The fourth-order valence-corrected chi connectivity index (χ4v) is 1.02. The van der Waals surface area contributed by atoms with Gasteiger partial charge in [0.05, 0.1) is 6.10 Å². The van der Waals surface area contributed by atoms with Crippen molar-refractivity contribution < 1.29 is 14.6 Å². The first kappa shape index (κ1) is 9.00. The first-order valence-electron chi connectivity index (χ1n) is 3.81. The van der Waals surface area contributed by atoms with Crippen molar-refractivity contribution in [3.05, 3.63) is 29.6 Å². The molecular formula is C9H11FO2. The second kappa shape index (κ2) is 3.54. The molecule has 0 spiro atoms. The molecule has 1 unspecified atom stereocenters. The van der Waals surface area contributed by atoms with Crippen LogP contribution in [0.4, 0.5) is 4.39 Å². The molecule has 0 radical (unpaired) electrons. The standard InChI is InChI=1S/C9H11FO2/c1-2-9(12)6-3-7(10)5-8(11)4-6/h3-5,9,11-12H,2H2,1H3. The lowest BCUT2D eigenvalue weighted by molar-refractivity contribution is 0.173. The van der Waals surface area contributed by atoms with Gasteiger partial charge in [-0.25, -0.2) is 4.39 Å². The van der Waals surface area contributed by atoms with Gasteiger partial charge in [0.1, 0.15) is 11.6 Å². The van der Waals surface area contributed by atoms with Gasteiger partial charge in [-0.05, 0) is 24.1 Å². The summed E-state index contributed by atoms with van der Waals surface area (Å²) in [7, 11) is 0. The van der Waals surface area contributed by atoms with E-state index in [9.17, 15) is 9.50 Å². The van der Waals surface area contributed by atoms with Crippen LogP contribution in [0.5, 0.6) is 5.75 Å². The van der Waals surface area contributed by atoms with E-state index in [2.05, 4.69) is 0 Å². The molecule has 12 heavy (non-hydrogen) atoms. The van der Waals surface area contributed by atoms with Crippen LogP contribution in [0.1, 0.15) is 25.0 Å². The Kier molecular flexibility index (Phi) is 2.65. The van der Waals surface area contributed by atoms with Crippen molar-refractivity contribution in [1.82, 2.24) is 0 Å². The summed E-state index contributed by atoms with van der Waals surface area (Å²) in [6.07, 6.45) is -0.199. The number of hydrogen-bond donors (Lipinski definition) is 2. The van der Waals surface area contributed by atoms with E-state index in [1.54, 1.807) is 6.92 Å². The highest BCUT2D eigenvalue weighted by atomic mass is 19.1. The lowest BCUT2D eigenvalue weighted by Crippen LogP contribution is -1.95. The van der Waals surface area contributed by atoms with Crippen LogP contribution in [-0.4, -0.2) is 10.2 Å². The van der Waals surface area contributed by atoms with E-state index in [-0.39, 0.29) is 5.75 Å². The number of aliphatic hydroxyl groups is 1. The van der Waals surface area contributed by atoms with Crippen LogP contribution < -0.4 is 0 Å². The second-order valence-corrected chi connectivity index (χ2v) is 2.67. The molecule has 0 heterocycles. The second-order valence-electron chi connectivity index (χ2n) is 2.67. The maximum absolute atomic E-state index is 12.7. The minimum absolute atomic E-state index is 0.155. The van der Waals surface area contributed by atoms with Gasteiger partial charge >= 0.3 is 0 Å². The lowest BCUT2D eigenvalue weighted by atomic mass is 10.1. The normalized spacial score (nSPS) is 12.9. The van der Waals surface area contributed by atoms with Crippen LogP contribution in [0.15, 0.2) is 18.2 Å². The smallest absolute Gasteiger partial charge is 0.127 e. The van der Waals surface area contributed by atoms with E-state index in [1.807, 2.05) is 0 Å². The summed E-state index contributed by atoms with van der Waals surface area (Å²) in [4.78, 5) is 0. The zero-order chi connectivity index (χ0) is 9.14. The number of phenols is 1. The van der Waals surface area contributed by atoms with Crippen LogP contribution in [0.3, 0.4) is 0 Å². The van der Waals surface area contributed by atoms with Gasteiger partial charge in [0.25, 0.3) is 0 Å². The summed E-state index contributed by atoms with van der Waals surface area (Å²) in [5, 5.41) is 18.3. The molecule has 2 nitrogen and oxygen atoms in total. The number of hydrogen-bond acceptors (Lipinski definition) is 2. The van der Waals surface area contributed by atoms with Crippen molar-refractivity contribution >= 4 is 0 Å². The van der Waals surface area contributed by atoms with Gasteiger partial charge in [0.2, 0.25) is 0 Å². The van der Waals surface area contributed by atoms with E-state index in [1.165, 1.54) is 12.1 Å². The van der Waals surface area contributed by atoms with E-state index < -0.39 is 11.9 Å². The Morgan fingerprint density at radius 3 is 2.58 bits per heavy atom. The molecule has 0 saturated heterocycles. The topological polar surface area (TPSA) is 40.5 Å². The molecule has 66 valence electrons. The number of rotatable bonds is 2. The number of phenolic OH excluding ortho intramolecular Hbond substituents is 1. The molecule has 0 aliphatic carbocycles. The molecule has 3 heteroatoms. The number of halogens is 1. The highest BCUT2D eigenvalue weighted by molar-refractivity contribution is 5.29. The largest absolute Gasteiger partial charge is 0.508 e. The van der Waals surface area contributed by atoms with Gasteiger partial charge in [-0.2, -0.15) is 0 Å². The van der Waals surface area contributed by atoms with Crippen molar-refractivity contribution in [3.63, 3.8) is 0 Å². The average molecular weight is 170 g/mol. The average Bonchev–Trinajstić information content (AvgIpc) is 2.01. The van der Waals surface area contributed by atoms with Gasteiger partial charge in [-0.3, -0.25) is 0 Å². The van der Waals surface area contributed by atoms with Gasteiger partial charge in [-0.15, -0.1) is 0 Å². The molecule has 0 aromatic heterocycles. The van der Waals surface area contributed by atoms with E-state index in [4.69, 9.17) is 5.11 Å². The van der Waals surface area contributed by atoms with Gasteiger partial charge in [0, 0.05) is 6.07 Å². The Morgan fingerprint density at radius 1 is 1.42 bits per heavy atom. The molecule has 0 aliphatic rings. The summed E-state index contributed by atoms with van der Waals surface area (Å²) in [6.45, 7) is 1.78. The van der Waals surface area contributed by atoms with Gasteiger partial charge in [-0.1, -0.05) is 6.92 Å². The van der Waals surface area contributed by atoms with Crippen molar-refractivity contribution in [2.24, 2.45) is 0 Å². The molecule has 1 atom stereocenters. The molecule has 0 fully saturated rings. The minimum atomic E-state index is -0.702. The number of aliphatic hydroxyl groups excluding tert-OH is 1. The highest BCUT2D eigenvalue weighted by Gasteiger charge is 2.07. The first-order valence-corrected chi connectivity index (χ1v) is 3.81. The Labute approximate surface area is 70.3 Å². The summed E-state index contributed by atoms with van der Waals surface area (Å²) >= 11 is 0. The third-order valence-electron chi connectivity index (χ3n) is 1.68. The maximum Gasteiger partial charge on any atom is 0.127 e. The van der Waals surface area contributed by atoms with Crippen LogP contribution in [-0.2, 0) is 0 Å². The quantitative estimate of drug-likeness (QED) is 0.712. The third kappa shape index (κ3) is 1.95. The van der Waals surface area contributed by atoms with Crippen molar-refractivity contribution in [2.75, 3.05) is 0 Å². The molecule has 0 aliphatic heterocycles. The van der Waals surface area contributed by atoms with Crippen molar-refractivity contribution in [3.8, 4) is 5.75 Å². The summed E-state index contributed by atoms with van der Waals surface area (Å²) < 4.78 is 12.7. The maximum atomic E-state index is 12.7. The predicted molar refractivity (Wildman–Crippen MR) is 43.3 cm³/mol. The SMILES string of the molecule is CCC(O)c1cc(O)cc(F)c1. The Morgan fingerprint density at radius 2 is 2.08 bits per heavy atom. The monoisotopic (exact) mass is 170 g/mol. The minimum Gasteiger partial charge on any atom is -0.508 e. The summed E-state index contributed by atoms with van der Waals surface area (Å²) in [6, 6.07) is 3.58. The molecule has 0 amide bonds. The van der Waals surface area contributed by atoms with Crippen LogP contribution in [0, 0.1) is 5.82 Å². The molecule has 2 N–H and O–H groups in total. The van der Waals surface area contributed by atoms with Gasteiger partial charge in [0.15, 0.2) is 0 Å². The van der Waals surface area contributed by atoms with Crippen LogP contribution in [0.2, 0.25) is 0 Å². The summed E-state index contributed by atoms with van der Waals surface area (Å²) in [5.41, 5.74) is 0.412. The zero-order valence-electron chi connectivity index (χ0n) is 6.79. The fraction of sp³-hybridized carbons (Fsp3) is 0.333. The third-order valence-corrected chi connectivity index (χ3v) is 1.68. The Hall–Kier alpha value is -1.09. The zero-order valence-corrected chi connectivity index (χ0v) is 6.79. The van der Waals surface area contributed by atoms with Gasteiger partial charge < -0.3 is 10.2 Å². The highest BCUT2D eigenvalue weighted by Crippen LogP contribution is 2.21. The first-order chi connectivity index (χ1) is 5.63. The lowest BCUT2D eigenvalue weighted by Gasteiger charge is -2.07. The molecule has 1 aromatic carbocycles. The van der Waals surface area contributed by atoms with Crippen LogP contribution in [0.25, 0.3) is 0 Å². The molecular weight excluding hydrogens is 159 g/mol. The Bertz CT molecular complexity index is 253. The fourth-order valence-electron chi connectivity index (χ4n) is 1.02. The molecule has 0 bridgehead atoms. The number of aromatic hydroxyl groups is 1. The van der Waals surface area contributed by atoms with E-state index in [0.29, 0.717) is 12.0 Å². The van der Waals surface area contributed by atoms with Crippen molar-refractivity contribution in [1.29, 1.82) is 0 Å². The molecule has 1 aromatic rings. The molecule has 1 rings (SSSR count). The van der Waals surface area contributed by atoms with Crippen molar-refractivity contribution in [2.45, 2.75) is 19.4 Å². The van der Waals surface area contributed by atoms with E-state index >= 15 is 0 Å². The van der Waals surface area contributed by atoms with Crippen LogP contribution >= 0.6 is 0 Å². The Balaban J connectivity index is 3.00. The summed E-state index contributed by atoms with van der Waals surface area (Å²) in [5.74, 6) is -0.685. The predicted octanol–water partition coefficient (Wildman–Crippen LogP) is 1.97.